The van der Waals surface area contributed by atoms with Crippen LogP contribution in [-0.2, 0) is 14.3 Å². The molecule has 5 heteroatoms. The molecule has 0 heterocycles. The van der Waals surface area contributed by atoms with Gasteiger partial charge in [0, 0.05) is 17.8 Å². The Hall–Kier alpha value is -0.260. The minimum Gasteiger partial charge on any atom is -0.464 e. The van der Waals surface area contributed by atoms with Crippen LogP contribution >= 0.6 is 11.8 Å². The summed E-state index contributed by atoms with van der Waals surface area (Å²) in [5.74, 6) is -0.293. The van der Waals surface area contributed by atoms with Gasteiger partial charge in [0.1, 0.15) is 6.61 Å². The number of esters is 1. The smallest absolute Gasteiger partial charge is 0.332 e. The van der Waals surface area contributed by atoms with Gasteiger partial charge in [-0.25, -0.2) is 4.79 Å². The summed E-state index contributed by atoms with van der Waals surface area (Å²) < 4.78 is 10.3. The van der Waals surface area contributed by atoms with Crippen LogP contribution in [0.3, 0.4) is 0 Å². The van der Waals surface area contributed by atoms with Gasteiger partial charge in [0.25, 0.3) is 0 Å². The molecule has 0 aromatic carbocycles. The average molecular weight is 277 g/mol. The van der Waals surface area contributed by atoms with Crippen LogP contribution in [0.25, 0.3) is 0 Å². The number of carbonyl (C=O) groups is 1. The van der Waals surface area contributed by atoms with Gasteiger partial charge in [0.05, 0.1) is 13.2 Å². The third-order valence-corrected chi connectivity index (χ3v) is 4.70. The fourth-order valence-corrected chi connectivity index (χ4v) is 2.50. The van der Waals surface area contributed by atoms with Crippen LogP contribution in [-0.4, -0.2) is 49.9 Å². The molecule has 0 amide bonds. The number of ether oxygens (including phenoxy) is 2. The highest BCUT2D eigenvalue weighted by molar-refractivity contribution is 8.00. The molecule has 1 N–H and O–H groups in total. The molecule has 0 saturated carbocycles. The Morgan fingerprint density at radius 2 is 1.94 bits per heavy atom. The second-order valence-electron chi connectivity index (χ2n) is 4.13. The van der Waals surface area contributed by atoms with E-state index in [1.807, 2.05) is 11.8 Å². The fourth-order valence-electron chi connectivity index (χ4n) is 1.68. The van der Waals surface area contributed by atoms with E-state index in [0.717, 1.165) is 25.9 Å². The largest absolute Gasteiger partial charge is 0.464 e. The molecule has 0 fully saturated rings. The molecule has 18 heavy (non-hydrogen) atoms. The molecule has 0 radical (unpaired) electrons. The van der Waals surface area contributed by atoms with E-state index in [2.05, 4.69) is 25.4 Å². The van der Waals surface area contributed by atoms with E-state index >= 15 is 0 Å². The molecule has 0 unspecified atom stereocenters. The molecule has 108 valence electrons. The minimum absolute atomic E-state index is 0.0464. The second kappa shape index (κ2) is 10.6. The van der Waals surface area contributed by atoms with Gasteiger partial charge < -0.3 is 14.8 Å². The van der Waals surface area contributed by atoms with Crippen molar-refractivity contribution in [1.82, 2.24) is 5.32 Å². The maximum Gasteiger partial charge on any atom is 0.332 e. The first kappa shape index (κ1) is 17.7. The van der Waals surface area contributed by atoms with Crippen LogP contribution in [0.4, 0.5) is 0 Å². The topological polar surface area (TPSA) is 47.6 Å². The van der Waals surface area contributed by atoms with E-state index in [1.165, 1.54) is 0 Å². The lowest BCUT2D eigenvalue weighted by atomic mass is 10.0. The van der Waals surface area contributed by atoms with Gasteiger partial charge in [0.15, 0.2) is 0 Å². The van der Waals surface area contributed by atoms with E-state index in [1.54, 1.807) is 6.92 Å². The van der Waals surface area contributed by atoms with Crippen molar-refractivity contribution in [3.63, 3.8) is 0 Å². The monoisotopic (exact) mass is 277 g/mol. The van der Waals surface area contributed by atoms with Crippen molar-refractivity contribution in [2.45, 2.75) is 38.4 Å². The van der Waals surface area contributed by atoms with Crippen LogP contribution in [0.5, 0.6) is 0 Å². The minimum atomic E-state index is -0.293. The van der Waals surface area contributed by atoms with Crippen LogP contribution < -0.4 is 5.32 Å². The number of nitrogens with one attached hydrogen (secondary N) is 1. The molecule has 0 aromatic heterocycles. The van der Waals surface area contributed by atoms with Crippen molar-refractivity contribution in [2.75, 3.05) is 39.2 Å². The average Bonchev–Trinajstić information content (AvgIpc) is 2.39. The van der Waals surface area contributed by atoms with Crippen LogP contribution in [0.1, 0.15) is 33.6 Å². The summed E-state index contributed by atoms with van der Waals surface area (Å²) in [5.41, 5.74) is 0. The van der Waals surface area contributed by atoms with E-state index in [9.17, 15) is 4.79 Å². The van der Waals surface area contributed by atoms with Gasteiger partial charge in [-0.1, -0.05) is 13.8 Å². The summed E-state index contributed by atoms with van der Waals surface area (Å²) >= 11 is 1.92. The Bertz CT molecular complexity index is 212. The Balaban J connectivity index is 3.58. The first-order valence-corrected chi connectivity index (χ1v) is 7.85. The van der Waals surface area contributed by atoms with Gasteiger partial charge in [-0.3, -0.25) is 0 Å². The molecule has 0 aliphatic rings. The van der Waals surface area contributed by atoms with E-state index in [-0.39, 0.29) is 12.6 Å². The molecule has 0 spiro atoms. The van der Waals surface area contributed by atoms with Crippen molar-refractivity contribution in [1.29, 1.82) is 0 Å². The van der Waals surface area contributed by atoms with Crippen LogP contribution in [0.2, 0.25) is 0 Å². The van der Waals surface area contributed by atoms with Crippen molar-refractivity contribution in [3.8, 4) is 0 Å². The molecule has 0 aliphatic heterocycles. The van der Waals surface area contributed by atoms with Crippen molar-refractivity contribution in [2.24, 2.45) is 0 Å². The first-order valence-electron chi connectivity index (χ1n) is 6.63. The summed E-state index contributed by atoms with van der Waals surface area (Å²) in [6.45, 7) is 8.96. The van der Waals surface area contributed by atoms with Crippen molar-refractivity contribution < 1.29 is 14.3 Å². The molecule has 0 aromatic rings. The molecule has 0 atom stereocenters. The molecule has 0 aliphatic carbocycles. The predicted molar refractivity (Wildman–Crippen MR) is 77.1 cm³/mol. The Labute approximate surface area is 115 Å². The van der Waals surface area contributed by atoms with Crippen molar-refractivity contribution >= 4 is 17.7 Å². The zero-order valence-electron chi connectivity index (χ0n) is 12.1. The lowest BCUT2D eigenvalue weighted by Crippen LogP contribution is -2.38. The zero-order valence-corrected chi connectivity index (χ0v) is 12.9. The summed E-state index contributed by atoms with van der Waals surface area (Å²) in [6, 6.07) is 0. The maximum atomic E-state index is 11.0. The summed E-state index contributed by atoms with van der Waals surface area (Å²) in [4.78, 5) is 11.0. The maximum absolute atomic E-state index is 11.0. The number of carbonyl (C=O) groups excluding carboxylic acids is 1. The second-order valence-corrected chi connectivity index (χ2v) is 5.40. The van der Waals surface area contributed by atoms with Gasteiger partial charge >= 0.3 is 5.97 Å². The standard InChI is InChI=1S/C13H27NO3S/c1-5-13(6-2,18-4)11-14-8-9-16-10-12(15)17-7-3/h14H,5-11H2,1-4H3. The predicted octanol–water partition coefficient (Wildman–Crippen LogP) is 2.08. The number of hydrogen-bond donors (Lipinski definition) is 1. The lowest BCUT2D eigenvalue weighted by molar-refractivity contribution is -0.148. The number of thioether (sulfide) groups is 1. The number of rotatable bonds is 11. The van der Waals surface area contributed by atoms with E-state index < -0.39 is 0 Å². The van der Waals surface area contributed by atoms with E-state index in [4.69, 9.17) is 9.47 Å². The summed E-state index contributed by atoms with van der Waals surface area (Å²) in [6.07, 6.45) is 4.47. The highest BCUT2D eigenvalue weighted by Gasteiger charge is 2.23. The van der Waals surface area contributed by atoms with Gasteiger partial charge in [-0.15, -0.1) is 0 Å². The first-order chi connectivity index (χ1) is 8.64. The highest BCUT2D eigenvalue weighted by Crippen LogP contribution is 2.29. The molecular formula is C13H27NO3S. The third kappa shape index (κ3) is 7.24. The van der Waals surface area contributed by atoms with Gasteiger partial charge in [-0.05, 0) is 26.0 Å². The Kier molecular flexibility index (Phi) is 10.5. The normalized spacial score (nSPS) is 11.6. The van der Waals surface area contributed by atoms with Crippen molar-refractivity contribution in [3.05, 3.63) is 0 Å². The quantitative estimate of drug-likeness (QED) is 0.463. The SMILES string of the molecule is CCOC(=O)COCCNCC(CC)(CC)SC. The molecule has 0 bridgehead atoms. The summed E-state index contributed by atoms with van der Waals surface area (Å²) in [7, 11) is 0. The van der Waals surface area contributed by atoms with Gasteiger partial charge in [-0.2, -0.15) is 11.8 Å². The summed E-state index contributed by atoms with van der Waals surface area (Å²) in [5, 5.41) is 3.39. The van der Waals surface area contributed by atoms with E-state index in [0.29, 0.717) is 18.0 Å². The molecular weight excluding hydrogens is 250 g/mol. The van der Waals surface area contributed by atoms with Gasteiger partial charge in [0.2, 0.25) is 0 Å². The van der Waals surface area contributed by atoms with Crippen LogP contribution in [0.15, 0.2) is 0 Å². The third-order valence-electron chi connectivity index (χ3n) is 3.12. The Morgan fingerprint density at radius 1 is 1.28 bits per heavy atom. The number of hydrogen-bond acceptors (Lipinski definition) is 5. The molecule has 4 nitrogen and oxygen atoms in total. The fraction of sp³-hybridized carbons (Fsp3) is 0.923. The zero-order chi connectivity index (χ0) is 13.9. The molecule has 0 rings (SSSR count). The highest BCUT2D eigenvalue weighted by atomic mass is 32.2. The van der Waals surface area contributed by atoms with Crippen LogP contribution in [0, 0.1) is 0 Å². The Morgan fingerprint density at radius 3 is 2.44 bits per heavy atom. The lowest BCUT2D eigenvalue weighted by Gasteiger charge is -2.29. The molecule has 0 saturated heterocycles.